The second-order valence-corrected chi connectivity index (χ2v) is 6.45. The molecule has 0 saturated heterocycles. The van der Waals surface area contributed by atoms with Crippen molar-refractivity contribution in [2.45, 2.75) is 33.0 Å². The van der Waals surface area contributed by atoms with Crippen molar-refractivity contribution < 1.29 is 14.3 Å². The van der Waals surface area contributed by atoms with Crippen molar-refractivity contribution in [2.24, 2.45) is 0 Å². The number of benzene rings is 2. The maximum absolute atomic E-state index is 12.5. The zero-order valence-electron chi connectivity index (χ0n) is 15.2. The van der Waals surface area contributed by atoms with Gasteiger partial charge in [0.05, 0.1) is 7.11 Å². The summed E-state index contributed by atoms with van der Waals surface area (Å²) >= 11 is 5.89. The van der Waals surface area contributed by atoms with Crippen LogP contribution in [0.5, 0.6) is 5.75 Å². The highest BCUT2D eigenvalue weighted by atomic mass is 35.5. The van der Waals surface area contributed by atoms with Crippen LogP contribution in [0.1, 0.15) is 25.0 Å². The van der Waals surface area contributed by atoms with E-state index in [9.17, 15) is 9.59 Å². The number of nitrogens with zero attached hydrogens (tertiary/aromatic N) is 1. The Hall–Kier alpha value is -2.53. The molecule has 0 aliphatic rings. The molecule has 0 unspecified atom stereocenters. The summed E-state index contributed by atoms with van der Waals surface area (Å²) in [7, 11) is 1.61. The molecule has 2 rings (SSSR count). The topological polar surface area (TPSA) is 58.6 Å². The van der Waals surface area contributed by atoms with Crippen molar-refractivity contribution in [1.82, 2.24) is 10.2 Å². The average molecular weight is 375 g/mol. The molecule has 5 nitrogen and oxygen atoms in total. The number of carbonyl (C=O) groups excluding carboxylic acids is 2. The molecule has 0 fully saturated rings. The molecule has 0 aromatic heterocycles. The SMILES string of the molecule is COc1ccc(CNC(=O)[C@H](C)N(Cc2ccc(Cl)cc2)C(C)=O)cc1. The monoisotopic (exact) mass is 374 g/mol. The van der Waals surface area contributed by atoms with E-state index in [2.05, 4.69) is 5.32 Å². The molecule has 6 heteroatoms. The number of hydrogen-bond acceptors (Lipinski definition) is 3. The number of halogens is 1. The molecule has 0 spiro atoms. The molecule has 0 aliphatic heterocycles. The van der Waals surface area contributed by atoms with Crippen molar-refractivity contribution in [3.05, 3.63) is 64.7 Å². The number of methoxy groups -OCH3 is 1. The van der Waals surface area contributed by atoms with E-state index in [0.717, 1.165) is 16.9 Å². The maximum atomic E-state index is 12.5. The van der Waals surface area contributed by atoms with E-state index in [1.165, 1.54) is 11.8 Å². The Morgan fingerprint density at radius 3 is 2.19 bits per heavy atom. The van der Waals surface area contributed by atoms with Gasteiger partial charge in [0, 0.05) is 25.0 Å². The normalized spacial score (nSPS) is 11.5. The van der Waals surface area contributed by atoms with Crippen LogP contribution < -0.4 is 10.1 Å². The third kappa shape index (κ3) is 5.49. The highest BCUT2D eigenvalue weighted by molar-refractivity contribution is 6.30. The standard InChI is InChI=1S/C20H23ClN2O3/c1-14(20(25)22-12-16-6-10-19(26-3)11-7-16)23(15(2)24)13-17-4-8-18(21)9-5-17/h4-11,14H,12-13H2,1-3H3,(H,22,25)/t14-/m0/s1. The van der Waals surface area contributed by atoms with Crippen LogP contribution in [-0.2, 0) is 22.7 Å². The molecule has 0 radical (unpaired) electrons. The molecule has 2 amide bonds. The Morgan fingerprint density at radius 1 is 1.08 bits per heavy atom. The molecular weight excluding hydrogens is 352 g/mol. The van der Waals surface area contributed by atoms with E-state index in [1.807, 2.05) is 36.4 Å². The Labute approximate surface area is 158 Å². The highest BCUT2D eigenvalue weighted by Gasteiger charge is 2.23. The quantitative estimate of drug-likeness (QED) is 0.808. The largest absolute Gasteiger partial charge is 0.497 e. The highest BCUT2D eigenvalue weighted by Crippen LogP contribution is 2.14. The molecular formula is C20H23ClN2O3. The minimum atomic E-state index is -0.582. The van der Waals surface area contributed by atoms with Crippen LogP contribution in [0.15, 0.2) is 48.5 Å². The van der Waals surface area contributed by atoms with Gasteiger partial charge in [0.1, 0.15) is 11.8 Å². The van der Waals surface area contributed by atoms with E-state index in [1.54, 1.807) is 26.2 Å². The first-order chi connectivity index (χ1) is 12.4. The molecule has 0 saturated carbocycles. The van der Waals surface area contributed by atoms with Crippen LogP contribution in [0.25, 0.3) is 0 Å². The number of rotatable bonds is 7. The van der Waals surface area contributed by atoms with Crippen LogP contribution in [0.4, 0.5) is 0 Å². The van der Waals surface area contributed by atoms with Gasteiger partial charge in [-0.15, -0.1) is 0 Å². The van der Waals surface area contributed by atoms with E-state index < -0.39 is 6.04 Å². The average Bonchev–Trinajstić information content (AvgIpc) is 2.65. The summed E-state index contributed by atoms with van der Waals surface area (Å²) in [5.74, 6) is 0.399. The molecule has 2 aromatic carbocycles. The van der Waals surface area contributed by atoms with Crippen molar-refractivity contribution in [3.8, 4) is 5.75 Å². The fraction of sp³-hybridized carbons (Fsp3) is 0.300. The Balaban J connectivity index is 1.97. The van der Waals surface area contributed by atoms with Crippen LogP contribution in [0.2, 0.25) is 5.02 Å². The van der Waals surface area contributed by atoms with E-state index >= 15 is 0 Å². The molecule has 1 atom stereocenters. The van der Waals surface area contributed by atoms with Gasteiger partial charge in [-0.2, -0.15) is 0 Å². The van der Waals surface area contributed by atoms with Gasteiger partial charge >= 0.3 is 0 Å². The van der Waals surface area contributed by atoms with Gasteiger partial charge in [0.15, 0.2) is 0 Å². The third-order valence-electron chi connectivity index (χ3n) is 4.14. The van der Waals surface area contributed by atoms with Gasteiger partial charge in [0.2, 0.25) is 11.8 Å². The summed E-state index contributed by atoms with van der Waals surface area (Å²) in [6.07, 6.45) is 0. The zero-order chi connectivity index (χ0) is 19.1. The number of carbonyl (C=O) groups is 2. The van der Waals surface area contributed by atoms with Crippen LogP contribution in [0, 0.1) is 0 Å². The minimum absolute atomic E-state index is 0.160. The fourth-order valence-electron chi connectivity index (χ4n) is 2.53. The molecule has 0 bridgehead atoms. The van der Waals surface area contributed by atoms with Gasteiger partial charge in [-0.05, 0) is 42.3 Å². The van der Waals surface area contributed by atoms with Crippen LogP contribution in [-0.4, -0.2) is 29.9 Å². The summed E-state index contributed by atoms with van der Waals surface area (Å²) in [6, 6.07) is 14.1. The molecule has 2 aromatic rings. The van der Waals surface area contributed by atoms with Gasteiger partial charge < -0.3 is 15.0 Å². The predicted molar refractivity (Wildman–Crippen MR) is 102 cm³/mol. The lowest BCUT2D eigenvalue weighted by molar-refractivity contribution is -0.139. The second kappa shape index (κ2) is 9.25. The van der Waals surface area contributed by atoms with Crippen molar-refractivity contribution >= 4 is 23.4 Å². The molecule has 0 heterocycles. The van der Waals surface area contributed by atoms with Crippen molar-refractivity contribution in [1.29, 1.82) is 0 Å². The number of ether oxygens (including phenoxy) is 1. The van der Waals surface area contributed by atoms with E-state index in [4.69, 9.17) is 16.3 Å². The summed E-state index contributed by atoms with van der Waals surface area (Å²) in [5, 5.41) is 3.50. The molecule has 26 heavy (non-hydrogen) atoms. The minimum Gasteiger partial charge on any atom is -0.497 e. The summed E-state index contributed by atoms with van der Waals surface area (Å²) in [6.45, 7) is 3.92. The molecule has 1 N–H and O–H groups in total. The number of amides is 2. The Morgan fingerprint density at radius 2 is 1.65 bits per heavy atom. The Kier molecular flexibility index (Phi) is 7.04. The van der Waals surface area contributed by atoms with Crippen molar-refractivity contribution in [2.75, 3.05) is 7.11 Å². The Bertz CT molecular complexity index is 745. The lowest BCUT2D eigenvalue weighted by atomic mass is 10.1. The second-order valence-electron chi connectivity index (χ2n) is 6.02. The lowest BCUT2D eigenvalue weighted by Crippen LogP contribution is -2.46. The number of nitrogens with one attached hydrogen (secondary N) is 1. The van der Waals surface area contributed by atoms with Gasteiger partial charge in [-0.25, -0.2) is 0 Å². The lowest BCUT2D eigenvalue weighted by Gasteiger charge is -2.27. The molecule has 0 aliphatic carbocycles. The maximum Gasteiger partial charge on any atom is 0.242 e. The van der Waals surface area contributed by atoms with Gasteiger partial charge in [0.25, 0.3) is 0 Å². The van der Waals surface area contributed by atoms with Crippen LogP contribution in [0.3, 0.4) is 0 Å². The van der Waals surface area contributed by atoms with E-state index in [-0.39, 0.29) is 11.8 Å². The first-order valence-electron chi connectivity index (χ1n) is 8.33. The smallest absolute Gasteiger partial charge is 0.242 e. The third-order valence-corrected chi connectivity index (χ3v) is 4.40. The first kappa shape index (κ1) is 19.8. The van der Waals surface area contributed by atoms with Gasteiger partial charge in [-0.3, -0.25) is 9.59 Å². The molecule has 138 valence electrons. The van der Waals surface area contributed by atoms with E-state index in [0.29, 0.717) is 18.1 Å². The van der Waals surface area contributed by atoms with Crippen molar-refractivity contribution in [3.63, 3.8) is 0 Å². The van der Waals surface area contributed by atoms with Gasteiger partial charge in [-0.1, -0.05) is 35.9 Å². The summed E-state index contributed by atoms with van der Waals surface area (Å²) in [5.41, 5.74) is 1.87. The predicted octanol–water partition coefficient (Wildman–Crippen LogP) is 3.40. The first-order valence-corrected chi connectivity index (χ1v) is 8.71. The fourth-order valence-corrected chi connectivity index (χ4v) is 2.66. The van der Waals surface area contributed by atoms with Crippen LogP contribution >= 0.6 is 11.6 Å². The number of hydrogen-bond donors (Lipinski definition) is 1. The summed E-state index contributed by atoms with van der Waals surface area (Å²) in [4.78, 5) is 26.0. The zero-order valence-corrected chi connectivity index (χ0v) is 15.9. The summed E-state index contributed by atoms with van der Waals surface area (Å²) < 4.78 is 5.11.